The fourth-order valence-corrected chi connectivity index (χ4v) is 1.06. The van der Waals surface area contributed by atoms with Gasteiger partial charge in [0.05, 0.1) is 4.83 Å². The highest BCUT2D eigenvalue weighted by atomic mass is 79.9. The maximum Gasteiger partial charge on any atom is 0.165 e. The maximum atomic E-state index is 12.7. The van der Waals surface area contributed by atoms with E-state index in [0.29, 0.717) is 11.8 Å². The van der Waals surface area contributed by atoms with Crippen molar-refractivity contribution in [2.75, 3.05) is 0 Å². The van der Waals surface area contributed by atoms with E-state index in [-0.39, 0.29) is 0 Å². The number of alkyl halides is 1. The number of halogens is 2. The highest BCUT2D eigenvalue weighted by Gasteiger charge is 2.08. The second-order valence-corrected chi connectivity index (χ2v) is 3.24. The van der Waals surface area contributed by atoms with E-state index in [9.17, 15) is 9.18 Å². The van der Waals surface area contributed by atoms with Crippen molar-refractivity contribution < 1.29 is 14.3 Å². The van der Waals surface area contributed by atoms with Gasteiger partial charge >= 0.3 is 0 Å². The predicted octanol–water partition coefficient (Wildman–Crippen LogP) is 2.17. The lowest BCUT2D eigenvalue weighted by Crippen LogP contribution is -1.91. The molecule has 0 heterocycles. The summed E-state index contributed by atoms with van der Waals surface area (Å²) in [5.74, 6) is -1.14. The van der Waals surface area contributed by atoms with Gasteiger partial charge in [0.25, 0.3) is 0 Å². The molecule has 0 saturated heterocycles. The van der Waals surface area contributed by atoms with Gasteiger partial charge in [-0.2, -0.15) is 0 Å². The SMILES string of the molecule is O=CC(Br)c1ccc(O)c(F)c1. The highest BCUT2D eigenvalue weighted by Crippen LogP contribution is 2.24. The summed E-state index contributed by atoms with van der Waals surface area (Å²) < 4.78 is 12.7. The molecule has 1 aromatic rings. The van der Waals surface area contributed by atoms with Gasteiger partial charge < -0.3 is 9.90 Å². The molecule has 0 aromatic heterocycles. The molecule has 2 nitrogen and oxygen atoms in total. The second kappa shape index (κ2) is 3.67. The fourth-order valence-electron chi connectivity index (χ4n) is 0.773. The molecule has 0 fully saturated rings. The Hall–Kier alpha value is -0.900. The minimum absolute atomic E-state index is 0.413. The molecule has 1 unspecified atom stereocenters. The van der Waals surface area contributed by atoms with Crippen LogP contribution in [0, 0.1) is 5.82 Å². The average molecular weight is 233 g/mol. The molecule has 0 spiro atoms. The molecule has 0 aliphatic heterocycles. The smallest absolute Gasteiger partial charge is 0.165 e. The van der Waals surface area contributed by atoms with Gasteiger partial charge in [0.15, 0.2) is 11.6 Å². The first-order chi connectivity index (χ1) is 5.65. The number of rotatable bonds is 2. The molecular weight excluding hydrogens is 227 g/mol. The molecule has 12 heavy (non-hydrogen) atoms. The lowest BCUT2D eigenvalue weighted by atomic mass is 10.1. The molecule has 1 N–H and O–H groups in total. The van der Waals surface area contributed by atoms with Crippen molar-refractivity contribution in [2.24, 2.45) is 0 Å². The van der Waals surface area contributed by atoms with Crippen LogP contribution >= 0.6 is 15.9 Å². The molecule has 0 aliphatic rings. The Balaban J connectivity index is 3.04. The van der Waals surface area contributed by atoms with E-state index in [0.717, 1.165) is 6.07 Å². The van der Waals surface area contributed by atoms with Gasteiger partial charge in [-0.3, -0.25) is 0 Å². The van der Waals surface area contributed by atoms with Crippen LogP contribution in [0.5, 0.6) is 5.75 Å². The van der Waals surface area contributed by atoms with Crippen LogP contribution in [-0.2, 0) is 4.79 Å². The standard InChI is InChI=1S/C8H6BrFO2/c9-6(4-11)5-1-2-8(12)7(10)3-5/h1-4,6,12H. The molecule has 0 saturated carbocycles. The highest BCUT2D eigenvalue weighted by molar-refractivity contribution is 9.09. The van der Waals surface area contributed by atoms with E-state index in [1.54, 1.807) is 0 Å². The number of carbonyl (C=O) groups excluding carboxylic acids is 1. The lowest BCUT2D eigenvalue weighted by molar-refractivity contribution is -0.107. The van der Waals surface area contributed by atoms with Crippen molar-refractivity contribution in [3.63, 3.8) is 0 Å². The molecule has 4 heteroatoms. The zero-order chi connectivity index (χ0) is 9.14. The number of aromatic hydroxyl groups is 1. The largest absolute Gasteiger partial charge is 0.505 e. The number of carbonyl (C=O) groups is 1. The summed E-state index contributed by atoms with van der Waals surface area (Å²) in [6, 6.07) is 3.80. The third-order valence-corrected chi connectivity index (χ3v) is 2.15. The van der Waals surface area contributed by atoms with E-state index in [2.05, 4.69) is 15.9 Å². The van der Waals surface area contributed by atoms with E-state index in [4.69, 9.17) is 5.11 Å². The Morgan fingerprint density at radius 1 is 1.58 bits per heavy atom. The van der Waals surface area contributed by atoms with Crippen molar-refractivity contribution >= 4 is 22.2 Å². The van der Waals surface area contributed by atoms with Gasteiger partial charge in [0, 0.05) is 0 Å². The summed E-state index contributed by atoms with van der Waals surface area (Å²) >= 11 is 3.03. The first kappa shape index (κ1) is 9.19. The topological polar surface area (TPSA) is 37.3 Å². The van der Waals surface area contributed by atoms with Gasteiger partial charge in [0.2, 0.25) is 0 Å². The number of benzene rings is 1. The van der Waals surface area contributed by atoms with E-state index < -0.39 is 16.4 Å². The number of phenols is 1. The zero-order valence-electron chi connectivity index (χ0n) is 6.00. The molecule has 0 aliphatic carbocycles. The molecule has 0 radical (unpaired) electrons. The zero-order valence-corrected chi connectivity index (χ0v) is 7.58. The van der Waals surface area contributed by atoms with E-state index >= 15 is 0 Å². The second-order valence-electron chi connectivity index (χ2n) is 2.25. The molecule has 64 valence electrons. The summed E-state index contributed by atoms with van der Waals surface area (Å²) in [7, 11) is 0. The van der Waals surface area contributed by atoms with Crippen molar-refractivity contribution in [1.82, 2.24) is 0 Å². The Bertz CT molecular complexity index is 301. The molecule has 1 aromatic carbocycles. The fraction of sp³-hybridized carbons (Fsp3) is 0.125. The average Bonchev–Trinajstić information content (AvgIpc) is 2.08. The lowest BCUT2D eigenvalue weighted by Gasteiger charge is -2.02. The van der Waals surface area contributed by atoms with Crippen LogP contribution in [0.1, 0.15) is 10.4 Å². The van der Waals surface area contributed by atoms with Crippen LogP contribution in [-0.4, -0.2) is 11.4 Å². The van der Waals surface area contributed by atoms with Gasteiger partial charge in [-0.05, 0) is 17.7 Å². The minimum Gasteiger partial charge on any atom is -0.505 e. The Morgan fingerprint density at radius 3 is 2.75 bits per heavy atom. The maximum absolute atomic E-state index is 12.7. The van der Waals surface area contributed by atoms with Crippen LogP contribution in [0.3, 0.4) is 0 Å². The van der Waals surface area contributed by atoms with Gasteiger partial charge in [-0.15, -0.1) is 0 Å². The van der Waals surface area contributed by atoms with Crippen molar-refractivity contribution in [3.05, 3.63) is 29.6 Å². The Kier molecular flexibility index (Phi) is 2.81. The third-order valence-electron chi connectivity index (χ3n) is 1.41. The molecule has 0 bridgehead atoms. The van der Waals surface area contributed by atoms with Crippen molar-refractivity contribution in [1.29, 1.82) is 0 Å². The number of hydrogen-bond donors (Lipinski definition) is 1. The van der Waals surface area contributed by atoms with E-state index in [1.165, 1.54) is 12.1 Å². The van der Waals surface area contributed by atoms with Gasteiger partial charge in [0.1, 0.15) is 6.29 Å². The van der Waals surface area contributed by atoms with Crippen LogP contribution in [0.4, 0.5) is 4.39 Å². The first-order valence-electron chi connectivity index (χ1n) is 3.23. The molecule has 0 amide bonds. The summed E-state index contributed by atoms with van der Waals surface area (Å²) in [5, 5.41) is 8.82. The number of hydrogen-bond acceptors (Lipinski definition) is 2. The van der Waals surface area contributed by atoms with Crippen LogP contribution in [0.25, 0.3) is 0 Å². The van der Waals surface area contributed by atoms with Gasteiger partial charge in [-0.1, -0.05) is 22.0 Å². The molecular formula is C8H6BrFO2. The van der Waals surface area contributed by atoms with E-state index in [1.807, 2.05) is 0 Å². The normalized spacial score (nSPS) is 12.5. The van der Waals surface area contributed by atoms with Crippen LogP contribution < -0.4 is 0 Å². The summed E-state index contributed by atoms with van der Waals surface area (Å²) in [5.41, 5.74) is 0.486. The number of phenolic OH excluding ortho intramolecular Hbond substituents is 1. The summed E-state index contributed by atoms with van der Waals surface area (Å²) in [4.78, 5) is 9.75. The van der Waals surface area contributed by atoms with Gasteiger partial charge in [-0.25, -0.2) is 4.39 Å². The van der Waals surface area contributed by atoms with Crippen LogP contribution in [0.2, 0.25) is 0 Å². The Labute approximate surface area is 77.2 Å². The minimum atomic E-state index is -0.723. The summed E-state index contributed by atoms with van der Waals surface area (Å²) in [6.07, 6.45) is 0.645. The monoisotopic (exact) mass is 232 g/mol. The summed E-state index contributed by atoms with van der Waals surface area (Å²) in [6.45, 7) is 0. The van der Waals surface area contributed by atoms with Crippen molar-refractivity contribution in [2.45, 2.75) is 4.83 Å². The molecule has 1 rings (SSSR count). The first-order valence-corrected chi connectivity index (χ1v) is 4.14. The number of aldehydes is 1. The van der Waals surface area contributed by atoms with Crippen LogP contribution in [0.15, 0.2) is 18.2 Å². The van der Waals surface area contributed by atoms with Crippen molar-refractivity contribution in [3.8, 4) is 5.75 Å². The predicted molar refractivity (Wildman–Crippen MR) is 45.8 cm³/mol. The molecule has 1 atom stereocenters. The quantitative estimate of drug-likeness (QED) is 0.627. The Morgan fingerprint density at radius 2 is 2.25 bits per heavy atom. The third kappa shape index (κ3) is 1.82.